The Balaban J connectivity index is 1.55. The topological polar surface area (TPSA) is 228 Å². The van der Waals surface area contributed by atoms with Gasteiger partial charge in [0.2, 0.25) is 5.91 Å². The monoisotopic (exact) mass is 1140 g/mol. The van der Waals surface area contributed by atoms with Gasteiger partial charge in [-0.05, 0) is 12.8 Å². The van der Waals surface area contributed by atoms with Gasteiger partial charge < -0.3 is 65.1 Å². The molecule has 2 rings (SSSR count). The lowest BCUT2D eigenvalue weighted by Gasteiger charge is -2.46. The molecule has 0 spiro atoms. The summed E-state index contributed by atoms with van der Waals surface area (Å²) in [5.74, 6) is -0.200. The third-order valence-corrected chi connectivity index (χ3v) is 17.3. The highest BCUT2D eigenvalue weighted by Gasteiger charge is 2.51. The predicted molar refractivity (Wildman–Crippen MR) is 323 cm³/mol. The fourth-order valence-electron chi connectivity index (χ4n) is 11.8. The van der Waals surface area contributed by atoms with Gasteiger partial charge >= 0.3 is 0 Å². The van der Waals surface area contributed by atoms with E-state index in [1.165, 1.54) is 244 Å². The van der Waals surface area contributed by atoms with Crippen LogP contribution in [0.3, 0.4) is 0 Å². The molecule has 2 aliphatic heterocycles. The number of rotatable bonds is 57. The highest BCUT2D eigenvalue weighted by Crippen LogP contribution is 2.30. The molecule has 0 aliphatic carbocycles. The molecule has 0 saturated carbocycles. The van der Waals surface area contributed by atoms with E-state index in [2.05, 4.69) is 19.2 Å². The number of aliphatic hydroxyl groups excluding tert-OH is 8. The normalized spacial score (nSPS) is 24.1. The molecular formula is C66H129NO13. The van der Waals surface area contributed by atoms with E-state index in [9.17, 15) is 45.6 Å². The van der Waals surface area contributed by atoms with Crippen LogP contribution < -0.4 is 5.32 Å². The second kappa shape index (κ2) is 52.3. The summed E-state index contributed by atoms with van der Waals surface area (Å²) < 4.78 is 22.8. The first-order valence-electron chi connectivity index (χ1n) is 34.3. The molecule has 9 N–H and O–H groups in total. The Hall–Kier alpha value is -1.01. The van der Waals surface area contributed by atoms with Crippen molar-refractivity contribution in [1.82, 2.24) is 5.32 Å². The van der Waals surface area contributed by atoms with Crippen molar-refractivity contribution < 1.29 is 64.6 Å². The average Bonchev–Trinajstić information content (AvgIpc) is 3.46. The number of hydrogen-bond acceptors (Lipinski definition) is 13. The van der Waals surface area contributed by atoms with Crippen LogP contribution in [0.2, 0.25) is 0 Å². The van der Waals surface area contributed by atoms with Crippen molar-refractivity contribution in [3.05, 3.63) is 0 Å². The number of unbranched alkanes of at least 4 members (excludes halogenated alkanes) is 44. The standard InChI is InChI=1S/C66H129NO13/c1-3-5-7-9-11-13-15-16-17-18-19-20-21-22-23-24-25-26-27-28-29-30-31-32-33-34-35-36-37-38-40-42-44-46-48-50-58(71)67-54(55(70)49-47-45-43-41-39-14-12-10-8-6-4-2)53-77-65-63(76)61(74)64(57(52-69)79-65)80-66-62(75)60(73)59(72)56(51-68)78-66/h54-57,59-66,68-70,72-76H,3-53H2,1-2H3,(H,67,71). The molecule has 2 heterocycles. The predicted octanol–water partition coefficient (Wildman–Crippen LogP) is 13.2. The Bertz CT molecular complexity index is 1350. The van der Waals surface area contributed by atoms with Crippen molar-refractivity contribution in [2.24, 2.45) is 0 Å². The van der Waals surface area contributed by atoms with Gasteiger partial charge in [0.1, 0.15) is 48.8 Å². The van der Waals surface area contributed by atoms with Gasteiger partial charge in [0.25, 0.3) is 0 Å². The first kappa shape index (κ1) is 75.1. The Morgan fingerprint density at radius 3 is 1.06 bits per heavy atom. The number of carbonyl (C=O) groups excluding carboxylic acids is 1. The smallest absolute Gasteiger partial charge is 0.220 e. The molecule has 0 aromatic heterocycles. The number of carbonyl (C=O) groups is 1. The van der Waals surface area contributed by atoms with Crippen LogP contribution in [0.5, 0.6) is 0 Å². The molecule has 14 heteroatoms. The van der Waals surface area contributed by atoms with Crippen LogP contribution in [0, 0.1) is 0 Å². The van der Waals surface area contributed by atoms with Crippen LogP contribution in [0.25, 0.3) is 0 Å². The molecule has 2 fully saturated rings. The van der Waals surface area contributed by atoms with Gasteiger partial charge in [-0.1, -0.05) is 303 Å². The largest absolute Gasteiger partial charge is 0.394 e. The third kappa shape index (κ3) is 36.7. The number of amides is 1. The van der Waals surface area contributed by atoms with Gasteiger partial charge in [-0.2, -0.15) is 0 Å². The maximum Gasteiger partial charge on any atom is 0.220 e. The van der Waals surface area contributed by atoms with Crippen LogP contribution in [0.4, 0.5) is 0 Å². The molecule has 2 aliphatic rings. The lowest BCUT2D eigenvalue weighted by molar-refractivity contribution is -0.359. The van der Waals surface area contributed by atoms with Crippen molar-refractivity contribution in [3.63, 3.8) is 0 Å². The van der Waals surface area contributed by atoms with Crippen molar-refractivity contribution in [1.29, 1.82) is 0 Å². The van der Waals surface area contributed by atoms with Crippen LogP contribution in [0.15, 0.2) is 0 Å². The highest BCUT2D eigenvalue weighted by molar-refractivity contribution is 5.76. The molecule has 0 aromatic rings. The first-order valence-corrected chi connectivity index (χ1v) is 34.3. The second-order valence-electron chi connectivity index (χ2n) is 24.7. The fourth-order valence-corrected chi connectivity index (χ4v) is 11.8. The zero-order valence-corrected chi connectivity index (χ0v) is 51.6. The number of ether oxygens (including phenoxy) is 4. The third-order valence-electron chi connectivity index (χ3n) is 17.3. The van der Waals surface area contributed by atoms with E-state index < -0.39 is 86.8 Å². The van der Waals surface area contributed by atoms with E-state index in [1.54, 1.807) is 0 Å². The van der Waals surface area contributed by atoms with Gasteiger partial charge in [-0.15, -0.1) is 0 Å². The zero-order chi connectivity index (χ0) is 58.1. The van der Waals surface area contributed by atoms with Gasteiger partial charge in [0, 0.05) is 6.42 Å². The van der Waals surface area contributed by atoms with Crippen molar-refractivity contribution in [3.8, 4) is 0 Å². The number of aliphatic hydroxyl groups is 8. The number of hydrogen-bond donors (Lipinski definition) is 9. The summed E-state index contributed by atoms with van der Waals surface area (Å²) in [5, 5.41) is 87.2. The Kier molecular flexibility index (Phi) is 49.1. The lowest BCUT2D eigenvalue weighted by Crippen LogP contribution is -2.65. The zero-order valence-electron chi connectivity index (χ0n) is 51.6. The Labute approximate surface area is 489 Å². The summed E-state index contributed by atoms with van der Waals surface area (Å²) in [6, 6.07) is -0.822. The summed E-state index contributed by atoms with van der Waals surface area (Å²) in [4.78, 5) is 13.3. The van der Waals surface area contributed by atoms with Gasteiger partial charge in [-0.25, -0.2) is 0 Å². The molecule has 476 valence electrons. The van der Waals surface area contributed by atoms with Crippen molar-refractivity contribution in [2.45, 2.75) is 396 Å². The van der Waals surface area contributed by atoms with E-state index in [-0.39, 0.29) is 12.5 Å². The molecule has 0 radical (unpaired) electrons. The Morgan fingerprint density at radius 1 is 0.400 bits per heavy atom. The summed E-state index contributed by atoms with van der Waals surface area (Å²) in [5.41, 5.74) is 0. The summed E-state index contributed by atoms with van der Waals surface area (Å²) in [7, 11) is 0. The van der Waals surface area contributed by atoms with E-state index in [0.717, 1.165) is 51.4 Å². The van der Waals surface area contributed by atoms with E-state index >= 15 is 0 Å². The minimum absolute atomic E-state index is 0.200. The summed E-state index contributed by atoms with van der Waals surface area (Å²) in [6.45, 7) is 2.89. The SMILES string of the molecule is CCCCCCCCCCCCCCCCCCCCCCCCCCCCCCCCCCCCCC(=O)NC(COC1OC(CO)C(OC2OC(CO)C(O)C(O)C2O)C(O)C1O)C(O)CCCCCCCCCCCCC. The molecule has 80 heavy (non-hydrogen) atoms. The Morgan fingerprint density at radius 2 is 0.713 bits per heavy atom. The minimum atomic E-state index is -1.78. The van der Waals surface area contributed by atoms with E-state index in [4.69, 9.17) is 18.9 Å². The maximum atomic E-state index is 13.3. The van der Waals surface area contributed by atoms with Crippen molar-refractivity contribution >= 4 is 5.91 Å². The van der Waals surface area contributed by atoms with Crippen LogP contribution >= 0.6 is 0 Å². The van der Waals surface area contributed by atoms with Gasteiger partial charge in [0.05, 0.1) is 32.0 Å². The maximum absolute atomic E-state index is 13.3. The molecule has 2 saturated heterocycles. The first-order chi connectivity index (χ1) is 39.1. The molecular weight excluding hydrogens is 1010 g/mol. The van der Waals surface area contributed by atoms with Crippen molar-refractivity contribution in [2.75, 3.05) is 19.8 Å². The van der Waals surface area contributed by atoms with Gasteiger partial charge in [-0.3, -0.25) is 4.79 Å². The fraction of sp³-hybridized carbons (Fsp3) is 0.985. The molecule has 0 bridgehead atoms. The lowest BCUT2D eigenvalue weighted by atomic mass is 9.97. The molecule has 12 atom stereocenters. The van der Waals surface area contributed by atoms with Crippen LogP contribution in [-0.2, 0) is 23.7 Å². The molecule has 1 amide bonds. The second-order valence-corrected chi connectivity index (χ2v) is 24.7. The van der Waals surface area contributed by atoms with Gasteiger partial charge in [0.15, 0.2) is 12.6 Å². The van der Waals surface area contributed by atoms with E-state index in [1.807, 2.05) is 0 Å². The average molecular weight is 1140 g/mol. The molecule has 12 unspecified atom stereocenters. The van der Waals surface area contributed by atoms with Crippen LogP contribution in [0.1, 0.15) is 322 Å². The summed E-state index contributed by atoms with van der Waals surface area (Å²) >= 11 is 0. The minimum Gasteiger partial charge on any atom is -0.394 e. The highest BCUT2D eigenvalue weighted by atomic mass is 16.7. The summed E-state index contributed by atoms with van der Waals surface area (Å²) in [6.07, 6.45) is 44.5. The number of nitrogens with one attached hydrogen (secondary N) is 1. The molecule has 0 aromatic carbocycles. The quantitative estimate of drug-likeness (QED) is 0.0259. The molecule has 14 nitrogen and oxygen atoms in total. The van der Waals surface area contributed by atoms with Crippen LogP contribution in [-0.4, -0.2) is 140 Å². The van der Waals surface area contributed by atoms with E-state index in [0.29, 0.717) is 12.8 Å².